The number of benzene rings is 2. The summed E-state index contributed by atoms with van der Waals surface area (Å²) >= 11 is 0. The first-order valence-electron chi connectivity index (χ1n) is 9.03. The fourth-order valence-corrected chi connectivity index (χ4v) is 2.68. The van der Waals surface area contributed by atoms with Crippen LogP contribution in [-0.4, -0.2) is 16.8 Å². The predicted molar refractivity (Wildman–Crippen MR) is 110 cm³/mol. The Balaban J connectivity index is 1.48. The molecule has 0 fully saturated rings. The van der Waals surface area contributed by atoms with Crippen LogP contribution in [0.3, 0.4) is 0 Å². The van der Waals surface area contributed by atoms with Gasteiger partial charge in [-0.25, -0.2) is 4.98 Å². The second kappa shape index (κ2) is 9.32. The van der Waals surface area contributed by atoms with E-state index in [0.29, 0.717) is 30.6 Å². The molecular formula is C22H22N4O2. The highest BCUT2D eigenvalue weighted by atomic mass is 16.2. The summed E-state index contributed by atoms with van der Waals surface area (Å²) < 4.78 is 0. The van der Waals surface area contributed by atoms with Gasteiger partial charge < -0.3 is 16.4 Å². The van der Waals surface area contributed by atoms with E-state index in [0.717, 1.165) is 11.1 Å². The van der Waals surface area contributed by atoms with Crippen LogP contribution in [0.4, 0.5) is 11.5 Å². The molecule has 4 N–H and O–H groups in total. The highest BCUT2D eigenvalue weighted by Crippen LogP contribution is 2.15. The maximum absolute atomic E-state index is 12.3. The van der Waals surface area contributed by atoms with Crippen LogP contribution in [0.2, 0.25) is 0 Å². The number of nitrogens with two attached hydrogens (primary N) is 1. The highest BCUT2D eigenvalue weighted by molar-refractivity contribution is 6.05. The average molecular weight is 374 g/mol. The largest absolute Gasteiger partial charge is 0.382 e. The summed E-state index contributed by atoms with van der Waals surface area (Å²) in [4.78, 5) is 28.2. The molecule has 3 rings (SSSR count). The summed E-state index contributed by atoms with van der Waals surface area (Å²) in [5, 5.41) is 5.63. The minimum absolute atomic E-state index is 0.00211. The summed E-state index contributed by atoms with van der Waals surface area (Å²) in [6, 6.07) is 20.4. The van der Waals surface area contributed by atoms with E-state index in [1.54, 1.807) is 30.5 Å². The van der Waals surface area contributed by atoms with Crippen LogP contribution in [0.1, 0.15) is 27.9 Å². The normalized spacial score (nSPS) is 10.3. The second-order valence-corrected chi connectivity index (χ2v) is 6.35. The monoisotopic (exact) mass is 374 g/mol. The molecule has 0 bridgehead atoms. The molecule has 1 heterocycles. The standard InChI is InChI=1S/C22H22N4O2/c23-21-19(7-4-14-24-21)26-22(28)18-11-8-17(9-12-18)15-25-20(27)13-10-16-5-2-1-3-6-16/h1-9,11-12,14H,10,13,15H2,(H2,23,24)(H,25,27)(H,26,28). The maximum Gasteiger partial charge on any atom is 0.255 e. The van der Waals surface area contributed by atoms with E-state index in [-0.39, 0.29) is 17.6 Å². The number of amides is 2. The number of nitrogens with one attached hydrogen (secondary N) is 2. The average Bonchev–Trinajstić information content (AvgIpc) is 2.73. The molecule has 0 saturated heterocycles. The molecule has 0 saturated carbocycles. The number of anilines is 2. The molecule has 3 aromatic rings. The van der Waals surface area contributed by atoms with Crippen molar-refractivity contribution in [3.63, 3.8) is 0 Å². The van der Waals surface area contributed by atoms with Crippen molar-refractivity contribution in [3.05, 3.63) is 89.6 Å². The number of carbonyl (C=O) groups is 2. The Morgan fingerprint density at radius 1 is 0.893 bits per heavy atom. The van der Waals surface area contributed by atoms with Gasteiger partial charge in [0.1, 0.15) is 5.82 Å². The summed E-state index contributed by atoms with van der Waals surface area (Å²) in [5.74, 6) is 0.00144. The summed E-state index contributed by atoms with van der Waals surface area (Å²) in [6.07, 6.45) is 2.72. The van der Waals surface area contributed by atoms with E-state index in [1.807, 2.05) is 42.5 Å². The number of hydrogen-bond donors (Lipinski definition) is 3. The van der Waals surface area contributed by atoms with Crippen molar-refractivity contribution in [2.75, 3.05) is 11.1 Å². The maximum atomic E-state index is 12.3. The molecule has 6 heteroatoms. The third-order valence-corrected chi connectivity index (χ3v) is 4.28. The number of nitrogen functional groups attached to an aromatic ring is 1. The Kier molecular flexibility index (Phi) is 6.36. The van der Waals surface area contributed by atoms with Gasteiger partial charge in [0.15, 0.2) is 0 Å². The molecule has 142 valence electrons. The molecule has 0 aliphatic heterocycles. The second-order valence-electron chi connectivity index (χ2n) is 6.35. The molecule has 0 aliphatic rings. The topological polar surface area (TPSA) is 97.1 Å². The molecule has 0 unspecified atom stereocenters. The lowest BCUT2D eigenvalue weighted by molar-refractivity contribution is -0.121. The minimum Gasteiger partial charge on any atom is -0.382 e. The van der Waals surface area contributed by atoms with Crippen molar-refractivity contribution in [1.29, 1.82) is 0 Å². The number of rotatable bonds is 7. The van der Waals surface area contributed by atoms with E-state index in [1.165, 1.54) is 0 Å². The van der Waals surface area contributed by atoms with Gasteiger partial charge in [0.25, 0.3) is 5.91 Å². The molecule has 0 atom stereocenters. The van der Waals surface area contributed by atoms with Gasteiger partial charge in [-0.2, -0.15) is 0 Å². The van der Waals surface area contributed by atoms with Crippen LogP contribution in [0, 0.1) is 0 Å². The number of hydrogen-bond acceptors (Lipinski definition) is 4. The zero-order valence-corrected chi connectivity index (χ0v) is 15.4. The summed E-state index contributed by atoms with van der Waals surface area (Å²) in [7, 11) is 0. The van der Waals surface area contributed by atoms with Crippen molar-refractivity contribution in [1.82, 2.24) is 10.3 Å². The van der Waals surface area contributed by atoms with Gasteiger partial charge in [-0.3, -0.25) is 9.59 Å². The van der Waals surface area contributed by atoms with E-state index in [9.17, 15) is 9.59 Å². The zero-order chi connectivity index (χ0) is 19.8. The first kappa shape index (κ1) is 19.1. The van der Waals surface area contributed by atoms with Crippen molar-refractivity contribution < 1.29 is 9.59 Å². The lowest BCUT2D eigenvalue weighted by Crippen LogP contribution is -2.23. The summed E-state index contributed by atoms with van der Waals surface area (Å²) in [6.45, 7) is 0.422. The van der Waals surface area contributed by atoms with E-state index in [2.05, 4.69) is 15.6 Å². The number of carbonyl (C=O) groups excluding carboxylic acids is 2. The van der Waals surface area contributed by atoms with Crippen molar-refractivity contribution >= 4 is 23.3 Å². The van der Waals surface area contributed by atoms with E-state index < -0.39 is 0 Å². The highest BCUT2D eigenvalue weighted by Gasteiger charge is 2.09. The first-order chi connectivity index (χ1) is 13.6. The fourth-order valence-electron chi connectivity index (χ4n) is 2.68. The molecule has 0 spiro atoms. The molecule has 2 amide bonds. The van der Waals surface area contributed by atoms with Crippen LogP contribution in [0.25, 0.3) is 0 Å². The van der Waals surface area contributed by atoms with Gasteiger partial charge in [0.05, 0.1) is 5.69 Å². The van der Waals surface area contributed by atoms with Crippen LogP contribution < -0.4 is 16.4 Å². The Morgan fingerprint density at radius 2 is 1.64 bits per heavy atom. The zero-order valence-electron chi connectivity index (χ0n) is 15.4. The van der Waals surface area contributed by atoms with Crippen LogP contribution in [-0.2, 0) is 17.8 Å². The van der Waals surface area contributed by atoms with Crippen molar-refractivity contribution in [2.24, 2.45) is 0 Å². The molecule has 0 aliphatic carbocycles. The van der Waals surface area contributed by atoms with Crippen molar-refractivity contribution in [2.45, 2.75) is 19.4 Å². The molecule has 0 radical (unpaired) electrons. The van der Waals surface area contributed by atoms with E-state index in [4.69, 9.17) is 5.73 Å². The van der Waals surface area contributed by atoms with E-state index >= 15 is 0 Å². The van der Waals surface area contributed by atoms with Gasteiger partial charge in [-0.1, -0.05) is 42.5 Å². The van der Waals surface area contributed by atoms with Crippen molar-refractivity contribution in [3.8, 4) is 0 Å². The third kappa shape index (κ3) is 5.41. The first-order valence-corrected chi connectivity index (χ1v) is 9.03. The fraction of sp³-hybridized carbons (Fsp3) is 0.136. The quantitative estimate of drug-likeness (QED) is 0.592. The number of pyridine rings is 1. The van der Waals surface area contributed by atoms with Crippen LogP contribution in [0.15, 0.2) is 72.9 Å². The van der Waals surface area contributed by atoms with Crippen LogP contribution >= 0.6 is 0 Å². The third-order valence-electron chi connectivity index (χ3n) is 4.28. The Morgan fingerprint density at radius 3 is 2.36 bits per heavy atom. The molecule has 2 aromatic carbocycles. The number of nitrogens with zero attached hydrogens (tertiary/aromatic N) is 1. The number of aryl methyl sites for hydroxylation is 1. The van der Waals surface area contributed by atoms with Gasteiger partial charge in [-0.05, 0) is 41.8 Å². The minimum atomic E-state index is -0.266. The molecule has 28 heavy (non-hydrogen) atoms. The van der Waals surface area contributed by atoms with Gasteiger partial charge in [0.2, 0.25) is 5.91 Å². The Labute approximate surface area is 163 Å². The predicted octanol–water partition coefficient (Wildman–Crippen LogP) is 3.17. The van der Waals surface area contributed by atoms with Gasteiger partial charge in [0, 0.05) is 24.7 Å². The number of aromatic nitrogens is 1. The van der Waals surface area contributed by atoms with Gasteiger partial charge in [-0.15, -0.1) is 0 Å². The Hall–Kier alpha value is -3.67. The molecule has 1 aromatic heterocycles. The van der Waals surface area contributed by atoms with Gasteiger partial charge >= 0.3 is 0 Å². The molecule has 6 nitrogen and oxygen atoms in total. The summed E-state index contributed by atoms with van der Waals surface area (Å²) in [5.41, 5.74) is 8.77. The lowest BCUT2D eigenvalue weighted by Gasteiger charge is -2.08. The van der Waals surface area contributed by atoms with Crippen LogP contribution in [0.5, 0.6) is 0 Å². The molecular weight excluding hydrogens is 352 g/mol. The SMILES string of the molecule is Nc1ncccc1NC(=O)c1ccc(CNC(=O)CCc2ccccc2)cc1. The smallest absolute Gasteiger partial charge is 0.255 e. The lowest BCUT2D eigenvalue weighted by atomic mass is 10.1. The Bertz CT molecular complexity index is 940.